The number of hydrogen-bond acceptors (Lipinski definition) is 6. The van der Waals surface area contributed by atoms with Gasteiger partial charge in [-0.25, -0.2) is 17.2 Å². The number of carbonyl (C=O) groups is 1. The molecule has 1 aromatic heterocycles. The molecule has 1 heterocycles. The summed E-state index contributed by atoms with van der Waals surface area (Å²) in [6.45, 7) is 4.62. The van der Waals surface area contributed by atoms with E-state index in [-0.39, 0.29) is 16.3 Å². The van der Waals surface area contributed by atoms with Gasteiger partial charge in [0.15, 0.2) is 11.0 Å². The number of sulfonamides is 1. The van der Waals surface area contributed by atoms with Gasteiger partial charge in [0.2, 0.25) is 15.9 Å². The lowest BCUT2D eigenvalue weighted by Gasteiger charge is -2.19. The second-order valence-corrected chi connectivity index (χ2v) is 11.3. The number of carbonyl (C=O) groups excluding carboxylic acids is 1. The van der Waals surface area contributed by atoms with Gasteiger partial charge in [-0.3, -0.25) is 9.36 Å². The second-order valence-electron chi connectivity index (χ2n) is 8.46. The van der Waals surface area contributed by atoms with Gasteiger partial charge in [-0.05, 0) is 29.8 Å². The first-order valence-corrected chi connectivity index (χ1v) is 14.6. The Morgan fingerprint density at radius 3 is 2.41 bits per heavy atom. The summed E-state index contributed by atoms with van der Waals surface area (Å²) in [6, 6.07) is 19.0. The molecule has 0 aliphatic carbocycles. The van der Waals surface area contributed by atoms with Crippen LogP contribution in [0.1, 0.15) is 19.4 Å². The lowest BCUT2D eigenvalue weighted by Crippen LogP contribution is -2.30. The number of hydrogen-bond donors (Lipinski definition) is 1. The third-order valence-electron chi connectivity index (χ3n) is 5.87. The van der Waals surface area contributed by atoms with Gasteiger partial charge in [-0.2, -0.15) is 4.31 Å². The number of halogens is 2. The molecule has 0 atom stereocenters. The molecule has 0 bridgehead atoms. The first-order chi connectivity index (χ1) is 18.7. The highest BCUT2D eigenvalue weighted by Crippen LogP contribution is 2.28. The molecule has 0 aliphatic rings. The minimum absolute atomic E-state index is 0.111. The van der Waals surface area contributed by atoms with Crippen molar-refractivity contribution in [1.29, 1.82) is 0 Å². The molecule has 3 aromatic carbocycles. The molecule has 0 aliphatic heterocycles. The summed E-state index contributed by atoms with van der Waals surface area (Å²) in [5.74, 6) is -1.80. The fraction of sp³-hybridized carbons (Fsp3) is 0.222. The highest BCUT2D eigenvalue weighted by Gasteiger charge is 2.23. The van der Waals surface area contributed by atoms with Crippen molar-refractivity contribution in [2.24, 2.45) is 0 Å². The number of amides is 1. The number of thioether (sulfide) groups is 1. The number of rotatable bonds is 11. The highest BCUT2D eigenvalue weighted by molar-refractivity contribution is 7.99. The van der Waals surface area contributed by atoms with Crippen molar-refractivity contribution in [3.05, 3.63) is 90.0 Å². The topological polar surface area (TPSA) is 97.2 Å². The van der Waals surface area contributed by atoms with E-state index in [2.05, 4.69) is 15.5 Å². The van der Waals surface area contributed by atoms with Crippen molar-refractivity contribution < 1.29 is 22.0 Å². The van der Waals surface area contributed by atoms with Crippen LogP contribution < -0.4 is 5.32 Å². The minimum atomic E-state index is -3.69. The predicted octanol–water partition coefficient (Wildman–Crippen LogP) is 5.03. The number of aromatic nitrogens is 3. The third kappa shape index (κ3) is 6.70. The number of anilines is 1. The van der Waals surface area contributed by atoms with Gasteiger partial charge in [-0.15, -0.1) is 10.2 Å². The summed E-state index contributed by atoms with van der Waals surface area (Å²) >= 11 is 1.09. The Morgan fingerprint density at radius 2 is 1.72 bits per heavy atom. The van der Waals surface area contributed by atoms with Crippen LogP contribution in [0.15, 0.2) is 82.8 Å². The Morgan fingerprint density at radius 1 is 0.974 bits per heavy atom. The molecule has 12 heteroatoms. The molecule has 0 radical (unpaired) electrons. The van der Waals surface area contributed by atoms with Crippen molar-refractivity contribution >= 4 is 33.4 Å². The Labute approximate surface area is 230 Å². The largest absolute Gasteiger partial charge is 0.323 e. The quantitative estimate of drug-likeness (QED) is 0.254. The van der Waals surface area contributed by atoms with E-state index in [1.807, 2.05) is 30.3 Å². The molecule has 0 spiro atoms. The van der Waals surface area contributed by atoms with Crippen LogP contribution in [0.5, 0.6) is 0 Å². The fourth-order valence-electron chi connectivity index (χ4n) is 3.93. The maximum Gasteiger partial charge on any atom is 0.243 e. The van der Waals surface area contributed by atoms with E-state index in [9.17, 15) is 22.0 Å². The molecule has 0 unspecified atom stereocenters. The van der Waals surface area contributed by atoms with Crippen LogP contribution in [0.4, 0.5) is 14.5 Å². The average molecular weight is 572 g/mol. The van der Waals surface area contributed by atoms with Gasteiger partial charge in [-0.1, -0.05) is 68.1 Å². The highest BCUT2D eigenvalue weighted by atomic mass is 32.2. The fourth-order valence-corrected chi connectivity index (χ4v) is 6.18. The van der Waals surface area contributed by atoms with Gasteiger partial charge < -0.3 is 5.32 Å². The normalized spacial score (nSPS) is 11.6. The standard InChI is InChI=1S/C27H27F2N5O3S2/c1-3-33(4-2)39(36,37)22-12-8-11-20(15-22)26-31-32-27(34(26)17-19-9-6-5-7-10-19)38-18-25(35)30-24-14-13-21(28)16-23(24)29/h5-16H,3-4,17-18H2,1-2H3,(H,30,35). The monoisotopic (exact) mass is 571 g/mol. The van der Waals surface area contributed by atoms with E-state index in [0.717, 1.165) is 29.5 Å². The molecule has 39 heavy (non-hydrogen) atoms. The second kappa shape index (κ2) is 12.5. The van der Waals surface area contributed by atoms with Gasteiger partial charge in [0.25, 0.3) is 0 Å². The van der Waals surface area contributed by atoms with Crippen molar-refractivity contribution in [3.8, 4) is 11.4 Å². The molecule has 0 fully saturated rings. The Bertz CT molecular complexity index is 1560. The van der Waals surface area contributed by atoms with E-state index in [4.69, 9.17) is 0 Å². The van der Waals surface area contributed by atoms with Crippen LogP contribution in [0, 0.1) is 11.6 Å². The molecule has 204 valence electrons. The van der Waals surface area contributed by atoms with Gasteiger partial charge in [0.1, 0.15) is 11.6 Å². The maximum atomic E-state index is 13.9. The van der Waals surface area contributed by atoms with Crippen molar-refractivity contribution in [2.45, 2.75) is 30.4 Å². The van der Waals surface area contributed by atoms with Gasteiger partial charge in [0, 0.05) is 24.7 Å². The molecule has 0 saturated carbocycles. The first-order valence-electron chi connectivity index (χ1n) is 12.2. The predicted molar refractivity (Wildman–Crippen MR) is 147 cm³/mol. The zero-order valence-electron chi connectivity index (χ0n) is 21.3. The zero-order valence-corrected chi connectivity index (χ0v) is 23.0. The smallest absolute Gasteiger partial charge is 0.243 e. The van der Waals surface area contributed by atoms with E-state index in [0.29, 0.717) is 42.2 Å². The summed E-state index contributed by atoms with van der Waals surface area (Å²) < 4.78 is 56.5. The zero-order chi connectivity index (χ0) is 28.0. The van der Waals surface area contributed by atoms with Crippen LogP contribution in [-0.2, 0) is 21.4 Å². The molecule has 1 amide bonds. The Kier molecular flexibility index (Phi) is 9.10. The van der Waals surface area contributed by atoms with Crippen LogP contribution >= 0.6 is 11.8 Å². The maximum absolute atomic E-state index is 13.9. The molecular weight excluding hydrogens is 544 g/mol. The molecule has 1 N–H and O–H groups in total. The summed E-state index contributed by atoms with van der Waals surface area (Å²) in [7, 11) is -3.69. The van der Waals surface area contributed by atoms with Crippen LogP contribution in [0.25, 0.3) is 11.4 Å². The van der Waals surface area contributed by atoms with Gasteiger partial charge in [0.05, 0.1) is 22.9 Å². The van der Waals surface area contributed by atoms with Crippen molar-refractivity contribution in [1.82, 2.24) is 19.1 Å². The van der Waals surface area contributed by atoms with E-state index < -0.39 is 27.6 Å². The lowest BCUT2D eigenvalue weighted by atomic mass is 10.2. The van der Waals surface area contributed by atoms with Crippen molar-refractivity contribution in [3.63, 3.8) is 0 Å². The van der Waals surface area contributed by atoms with E-state index in [1.165, 1.54) is 4.31 Å². The van der Waals surface area contributed by atoms with Gasteiger partial charge >= 0.3 is 0 Å². The number of nitrogens with zero attached hydrogens (tertiary/aromatic N) is 4. The summed E-state index contributed by atoms with van der Waals surface area (Å²) in [5.41, 5.74) is 1.38. The number of nitrogens with one attached hydrogen (secondary N) is 1. The Balaban J connectivity index is 1.63. The summed E-state index contributed by atoms with van der Waals surface area (Å²) in [4.78, 5) is 12.7. The average Bonchev–Trinajstić information content (AvgIpc) is 3.32. The van der Waals surface area contributed by atoms with E-state index in [1.54, 1.807) is 42.7 Å². The third-order valence-corrected chi connectivity index (χ3v) is 8.89. The molecule has 8 nitrogen and oxygen atoms in total. The molecule has 4 rings (SSSR count). The minimum Gasteiger partial charge on any atom is -0.323 e. The van der Waals surface area contributed by atoms with Crippen LogP contribution in [-0.4, -0.2) is 52.2 Å². The lowest BCUT2D eigenvalue weighted by molar-refractivity contribution is -0.113. The molecular formula is C27H27F2N5O3S2. The molecule has 4 aromatic rings. The van der Waals surface area contributed by atoms with Crippen LogP contribution in [0.3, 0.4) is 0 Å². The van der Waals surface area contributed by atoms with Crippen molar-refractivity contribution in [2.75, 3.05) is 24.2 Å². The Hall–Kier alpha value is -3.61. The summed E-state index contributed by atoms with van der Waals surface area (Å²) in [6.07, 6.45) is 0. The first kappa shape index (κ1) is 28.4. The SMILES string of the molecule is CCN(CC)S(=O)(=O)c1cccc(-c2nnc(SCC(=O)Nc3ccc(F)cc3F)n2Cc2ccccc2)c1. The van der Waals surface area contributed by atoms with Crippen LogP contribution in [0.2, 0.25) is 0 Å². The van der Waals surface area contributed by atoms with E-state index >= 15 is 0 Å². The molecule has 0 saturated heterocycles. The summed E-state index contributed by atoms with van der Waals surface area (Å²) in [5, 5.41) is 11.4. The number of benzene rings is 3.